The molecule has 2 rings (SSSR count). The minimum absolute atomic E-state index is 0.217. The van der Waals surface area contributed by atoms with Gasteiger partial charge in [0, 0.05) is 10.7 Å². The Bertz CT molecular complexity index is 761. The van der Waals surface area contributed by atoms with E-state index in [2.05, 4.69) is 33.0 Å². The van der Waals surface area contributed by atoms with Crippen molar-refractivity contribution in [1.82, 2.24) is 0 Å². The lowest BCUT2D eigenvalue weighted by Gasteiger charge is -2.22. The van der Waals surface area contributed by atoms with Gasteiger partial charge in [0.1, 0.15) is 5.75 Å². The summed E-state index contributed by atoms with van der Waals surface area (Å²) in [5.74, 6) is 0.808. The molecule has 0 spiro atoms. The normalized spacial score (nSPS) is 12.3. The molecule has 0 saturated heterocycles. The van der Waals surface area contributed by atoms with Gasteiger partial charge < -0.3 is 10.1 Å². The Morgan fingerprint density at radius 3 is 2.04 bits per heavy atom. The fourth-order valence-electron chi connectivity index (χ4n) is 2.73. The zero-order chi connectivity index (χ0) is 19.4. The summed E-state index contributed by atoms with van der Waals surface area (Å²) in [6.45, 7) is 10.2. The molecule has 0 fully saturated rings. The number of rotatable bonds is 6. The lowest BCUT2D eigenvalue weighted by Crippen LogP contribution is -2.31. The van der Waals surface area contributed by atoms with Crippen LogP contribution in [0, 0.1) is 0 Å². The minimum atomic E-state index is -0.700. The van der Waals surface area contributed by atoms with Crippen LogP contribution in [-0.4, -0.2) is 12.0 Å². The maximum Gasteiger partial charge on any atom is 0.265 e. The number of halogens is 2. The molecule has 140 valence electrons. The van der Waals surface area contributed by atoms with E-state index in [4.69, 9.17) is 27.9 Å². The van der Waals surface area contributed by atoms with Crippen LogP contribution in [0.25, 0.3) is 0 Å². The van der Waals surface area contributed by atoms with Crippen molar-refractivity contribution in [3.63, 3.8) is 0 Å². The van der Waals surface area contributed by atoms with Crippen LogP contribution in [0.1, 0.15) is 57.6 Å². The molecule has 2 aromatic carbocycles. The van der Waals surface area contributed by atoms with Gasteiger partial charge in [-0.15, -0.1) is 0 Å². The van der Waals surface area contributed by atoms with E-state index in [-0.39, 0.29) is 5.91 Å². The number of amides is 1. The van der Waals surface area contributed by atoms with E-state index < -0.39 is 6.10 Å². The van der Waals surface area contributed by atoms with Crippen LogP contribution in [0.4, 0.5) is 5.69 Å². The number of hydrogen-bond acceptors (Lipinski definition) is 2. The quantitative estimate of drug-likeness (QED) is 0.596. The Balaban J connectivity index is 2.23. The SMILES string of the molecule is CC(C)c1cccc(C(C)C)c1NC(=O)[C@@H](C)Oc1ccc(Cl)cc1Cl. The van der Waals surface area contributed by atoms with Gasteiger partial charge in [0.15, 0.2) is 6.10 Å². The summed E-state index contributed by atoms with van der Waals surface area (Å²) >= 11 is 12.0. The Kier molecular flexibility index (Phi) is 6.96. The van der Waals surface area contributed by atoms with Crippen molar-refractivity contribution in [3.8, 4) is 5.75 Å². The standard InChI is InChI=1S/C21H25Cl2NO2/c1-12(2)16-7-6-8-17(13(3)4)20(16)24-21(25)14(5)26-19-10-9-15(22)11-18(19)23/h6-14H,1-5H3,(H,24,25)/t14-/m1/s1. The van der Waals surface area contributed by atoms with Crippen LogP contribution in [0.5, 0.6) is 5.75 Å². The first-order valence-electron chi connectivity index (χ1n) is 8.76. The van der Waals surface area contributed by atoms with Gasteiger partial charge in [-0.3, -0.25) is 4.79 Å². The first-order chi connectivity index (χ1) is 12.2. The average molecular weight is 394 g/mol. The fraction of sp³-hybridized carbons (Fsp3) is 0.381. The van der Waals surface area contributed by atoms with Crippen LogP contribution in [-0.2, 0) is 4.79 Å². The number of anilines is 1. The second kappa shape index (κ2) is 8.79. The summed E-state index contributed by atoms with van der Waals surface area (Å²) in [6, 6.07) is 11.1. The highest BCUT2D eigenvalue weighted by atomic mass is 35.5. The van der Waals surface area contributed by atoms with Gasteiger partial charge in [-0.25, -0.2) is 0 Å². The lowest BCUT2D eigenvalue weighted by atomic mass is 9.92. The maximum atomic E-state index is 12.7. The monoisotopic (exact) mass is 393 g/mol. The lowest BCUT2D eigenvalue weighted by molar-refractivity contribution is -0.122. The molecule has 0 aliphatic heterocycles. The molecule has 1 N–H and O–H groups in total. The molecular weight excluding hydrogens is 369 g/mol. The molecule has 0 radical (unpaired) electrons. The van der Waals surface area contributed by atoms with Crippen molar-refractivity contribution in [2.24, 2.45) is 0 Å². The average Bonchev–Trinajstić information content (AvgIpc) is 2.56. The Hall–Kier alpha value is -1.71. The molecule has 0 saturated carbocycles. The summed E-state index contributed by atoms with van der Waals surface area (Å²) in [5, 5.41) is 3.96. The predicted molar refractivity (Wildman–Crippen MR) is 110 cm³/mol. The molecule has 0 unspecified atom stereocenters. The van der Waals surface area contributed by atoms with Crippen molar-refractivity contribution in [2.45, 2.75) is 52.6 Å². The van der Waals surface area contributed by atoms with Crippen molar-refractivity contribution in [1.29, 1.82) is 0 Å². The number of nitrogens with one attached hydrogen (secondary N) is 1. The molecule has 0 heterocycles. The summed E-state index contributed by atoms with van der Waals surface area (Å²) in [6.07, 6.45) is -0.700. The van der Waals surface area contributed by atoms with Crippen molar-refractivity contribution in [3.05, 3.63) is 57.6 Å². The van der Waals surface area contributed by atoms with Crippen molar-refractivity contribution >= 4 is 34.8 Å². The maximum absolute atomic E-state index is 12.7. The summed E-state index contributed by atoms with van der Waals surface area (Å²) in [4.78, 5) is 12.7. The summed E-state index contributed by atoms with van der Waals surface area (Å²) in [5.41, 5.74) is 3.10. The van der Waals surface area contributed by atoms with Crippen LogP contribution in [0.15, 0.2) is 36.4 Å². The molecule has 1 atom stereocenters. The Morgan fingerprint density at radius 2 is 1.54 bits per heavy atom. The molecule has 0 aliphatic rings. The first-order valence-corrected chi connectivity index (χ1v) is 9.51. The zero-order valence-corrected chi connectivity index (χ0v) is 17.3. The Labute approximate surface area is 165 Å². The highest BCUT2D eigenvalue weighted by Crippen LogP contribution is 2.33. The molecule has 1 amide bonds. The first kappa shape index (κ1) is 20.6. The highest BCUT2D eigenvalue weighted by Gasteiger charge is 2.21. The number of hydrogen-bond donors (Lipinski definition) is 1. The third-order valence-electron chi connectivity index (χ3n) is 4.19. The number of carbonyl (C=O) groups excluding carboxylic acids is 1. The molecule has 0 aromatic heterocycles. The van der Waals surface area contributed by atoms with Crippen LogP contribution < -0.4 is 10.1 Å². The number of benzene rings is 2. The van der Waals surface area contributed by atoms with E-state index in [1.54, 1.807) is 25.1 Å². The number of ether oxygens (including phenoxy) is 1. The van der Waals surface area contributed by atoms with Gasteiger partial charge in [-0.1, -0.05) is 69.1 Å². The smallest absolute Gasteiger partial charge is 0.265 e. The van der Waals surface area contributed by atoms with Crippen molar-refractivity contribution < 1.29 is 9.53 Å². The molecule has 3 nitrogen and oxygen atoms in total. The number of para-hydroxylation sites is 1. The highest BCUT2D eigenvalue weighted by molar-refractivity contribution is 6.35. The van der Waals surface area contributed by atoms with E-state index >= 15 is 0 Å². The van der Waals surface area contributed by atoms with E-state index in [9.17, 15) is 4.79 Å². The predicted octanol–water partition coefficient (Wildman–Crippen LogP) is 6.65. The van der Waals surface area contributed by atoms with Gasteiger partial charge in [-0.2, -0.15) is 0 Å². The largest absolute Gasteiger partial charge is 0.479 e. The van der Waals surface area contributed by atoms with Gasteiger partial charge in [0.25, 0.3) is 5.91 Å². The van der Waals surface area contributed by atoms with Crippen LogP contribution in [0.3, 0.4) is 0 Å². The Morgan fingerprint density at radius 1 is 0.962 bits per heavy atom. The fourth-order valence-corrected chi connectivity index (χ4v) is 3.19. The molecular formula is C21H25Cl2NO2. The number of carbonyl (C=O) groups is 1. The molecule has 0 aliphatic carbocycles. The minimum Gasteiger partial charge on any atom is -0.479 e. The van der Waals surface area contributed by atoms with E-state index in [0.29, 0.717) is 27.6 Å². The molecule has 0 bridgehead atoms. The third-order valence-corrected chi connectivity index (χ3v) is 4.72. The second-order valence-electron chi connectivity index (χ2n) is 6.94. The van der Waals surface area contributed by atoms with Crippen LogP contribution >= 0.6 is 23.2 Å². The molecule has 26 heavy (non-hydrogen) atoms. The second-order valence-corrected chi connectivity index (χ2v) is 7.79. The van der Waals surface area contributed by atoms with Crippen molar-refractivity contribution in [2.75, 3.05) is 5.32 Å². The van der Waals surface area contributed by atoms with Gasteiger partial charge >= 0.3 is 0 Å². The van der Waals surface area contributed by atoms with E-state index in [0.717, 1.165) is 16.8 Å². The zero-order valence-electron chi connectivity index (χ0n) is 15.8. The van der Waals surface area contributed by atoms with E-state index in [1.165, 1.54) is 0 Å². The van der Waals surface area contributed by atoms with Gasteiger partial charge in [0.2, 0.25) is 0 Å². The third kappa shape index (κ3) is 4.93. The topological polar surface area (TPSA) is 38.3 Å². The van der Waals surface area contributed by atoms with E-state index in [1.807, 2.05) is 18.2 Å². The molecule has 5 heteroatoms. The summed E-state index contributed by atoms with van der Waals surface area (Å²) in [7, 11) is 0. The van der Waals surface area contributed by atoms with Gasteiger partial charge in [0.05, 0.1) is 5.02 Å². The summed E-state index contributed by atoms with van der Waals surface area (Å²) < 4.78 is 5.73. The van der Waals surface area contributed by atoms with Crippen LogP contribution in [0.2, 0.25) is 10.0 Å². The van der Waals surface area contributed by atoms with Gasteiger partial charge in [-0.05, 0) is 48.1 Å². The molecule has 2 aromatic rings.